The molecule has 13 rings (SSSR count). The summed E-state index contributed by atoms with van der Waals surface area (Å²) in [5.74, 6) is 0.558. The first-order valence-electron chi connectivity index (χ1n) is 18.0. The zero-order chi connectivity index (χ0) is 37.6. The summed E-state index contributed by atoms with van der Waals surface area (Å²) in [6, 6.07) is 17.2. The smallest absolute Gasteiger partial charge is 0.264 e. The lowest BCUT2D eigenvalue weighted by molar-refractivity contribution is -0.150. The SMILES string of the molecule is COc1cc2ccc1Oc1ccc(cc1OC)C(=O)NCCOc1ccc(cc1)OC1(CCN(C(=O)[C@H]3[C@@H]4C=C[C@@]5(CN(C)C(=O)[C@@H]35)O4)CC1)C(=O)NC2. The van der Waals surface area contributed by atoms with Gasteiger partial charge in [-0.05, 0) is 60.2 Å². The van der Waals surface area contributed by atoms with E-state index in [-0.39, 0.29) is 69.3 Å². The van der Waals surface area contributed by atoms with E-state index < -0.39 is 29.1 Å². The predicted octanol–water partition coefficient (Wildman–Crippen LogP) is 3.09. The Morgan fingerprint density at radius 1 is 0.889 bits per heavy atom. The Bertz CT molecular complexity index is 2010. The molecular formula is C40H42N4O10. The minimum absolute atomic E-state index is 0.0836. The fourth-order valence-electron chi connectivity index (χ4n) is 8.17. The van der Waals surface area contributed by atoms with Crippen LogP contribution in [0.15, 0.2) is 72.8 Å². The number of nitrogens with one attached hydrogen (secondary N) is 2. The molecule has 3 fully saturated rings. The van der Waals surface area contributed by atoms with Crippen molar-refractivity contribution in [3.8, 4) is 34.5 Å². The first kappa shape index (κ1) is 35.3. The first-order chi connectivity index (χ1) is 26.1. The number of likely N-dealkylation sites (N-methyl/N-ethyl adjacent to an activating group) is 1. The van der Waals surface area contributed by atoms with Crippen molar-refractivity contribution >= 4 is 23.6 Å². The first-order valence-corrected chi connectivity index (χ1v) is 18.0. The fourth-order valence-corrected chi connectivity index (χ4v) is 8.17. The molecule has 2 spiro atoms. The van der Waals surface area contributed by atoms with E-state index in [1.165, 1.54) is 14.2 Å². The maximum absolute atomic E-state index is 14.2. The molecule has 0 radical (unpaired) electrons. The number of benzene rings is 3. The van der Waals surface area contributed by atoms with Crippen molar-refractivity contribution in [1.29, 1.82) is 0 Å². The summed E-state index contributed by atoms with van der Waals surface area (Å²) in [4.78, 5) is 57.7. The van der Waals surface area contributed by atoms with Gasteiger partial charge in [-0.2, -0.15) is 0 Å². The van der Waals surface area contributed by atoms with Crippen LogP contribution in [-0.2, 0) is 25.7 Å². The summed E-state index contributed by atoms with van der Waals surface area (Å²) in [7, 11) is 4.75. The van der Waals surface area contributed by atoms with Gasteiger partial charge in [0.05, 0.1) is 45.2 Å². The number of amides is 4. The molecule has 3 saturated heterocycles. The third-order valence-corrected chi connectivity index (χ3v) is 11.0. The second kappa shape index (κ2) is 13.9. The quantitative estimate of drug-likeness (QED) is 0.384. The number of carbonyl (C=O) groups excluding carboxylic acids is 4. The van der Waals surface area contributed by atoms with E-state index >= 15 is 0 Å². The lowest BCUT2D eigenvalue weighted by atomic mass is 9.76. The van der Waals surface area contributed by atoms with Crippen molar-refractivity contribution in [3.63, 3.8) is 0 Å². The number of carbonyl (C=O) groups is 4. The molecule has 8 bridgehead atoms. The fraction of sp³-hybridized carbons (Fsp3) is 0.400. The molecule has 0 unspecified atom stereocenters. The van der Waals surface area contributed by atoms with Crippen LogP contribution in [0.25, 0.3) is 0 Å². The standard InChI is InChI=1S/C40H42N4O10/c1-43-23-40-13-12-30(54-40)33(34(40)37(43)47)36(46)44-17-14-39(15-18-44)38(48)42-22-24-4-10-28(31(20-24)49-2)52-29-11-5-25(21-32(29)50-3)35(45)41-16-19-51-26-6-8-27(53-39)9-7-26/h4-13,20-21,30,33-34H,14-19,22-23H2,1-3H3,(H,41,45)(H,42,48)/t30-,33-,34+,40-/m0/s1. The summed E-state index contributed by atoms with van der Waals surface area (Å²) in [5.41, 5.74) is -0.921. The van der Waals surface area contributed by atoms with Crippen molar-refractivity contribution in [3.05, 3.63) is 83.9 Å². The lowest BCUT2D eigenvalue weighted by Gasteiger charge is -2.42. The van der Waals surface area contributed by atoms with E-state index in [9.17, 15) is 19.2 Å². The van der Waals surface area contributed by atoms with Crippen LogP contribution in [0.1, 0.15) is 28.8 Å². The Balaban J connectivity index is 1.04. The zero-order valence-electron chi connectivity index (χ0n) is 30.3. The van der Waals surface area contributed by atoms with Gasteiger partial charge in [-0.3, -0.25) is 19.2 Å². The normalized spacial score (nSPS) is 25.8. The van der Waals surface area contributed by atoms with E-state index in [1.54, 1.807) is 71.4 Å². The predicted molar refractivity (Wildman–Crippen MR) is 193 cm³/mol. The summed E-state index contributed by atoms with van der Waals surface area (Å²) in [6.45, 7) is 1.55. The highest BCUT2D eigenvalue weighted by Gasteiger charge is 2.67. The van der Waals surface area contributed by atoms with Gasteiger partial charge in [-0.25, -0.2) is 0 Å². The van der Waals surface area contributed by atoms with Gasteiger partial charge in [-0.1, -0.05) is 18.2 Å². The molecule has 282 valence electrons. The molecular weight excluding hydrogens is 696 g/mol. The average Bonchev–Trinajstić information content (AvgIpc) is 3.83. The third kappa shape index (κ3) is 6.23. The van der Waals surface area contributed by atoms with Crippen LogP contribution in [0.5, 0.6) is 34.5 Å². The molecule has 10 aliphatic rings. The van der Waals surface area contributed by atoms with E-state index in [2.05, 4.69) is 10.6 Å². The number of ether oxygens (including phenoxy) is 6. The third-order valence-electron chi connectivity index (χ3n) is 11.0. The Labute approximate surface area is 312 Å². The number of methoxy groups -OCH3 is 2. The molecule has 3 aromatic carbocycles. The topological polar surface area (TPSA) is 154 Å². The Hall–Kier alpha value is -5.76. The summed E-state index contributed by atoms with van der Waals surface area (Å²) in [5, 5.41) is 5.91. The Morgan fingerprint density at radius 2 is 1.59 bits per heavy atom. The van der Waals surface area contributed by atoms with Gasteiger partial charge in [0.2, 0.25) is 11.8 Å². The van der Waals surface area contributed by atoms with Gasteiger partial charge in [0.1, 0.15) is 23.7 Å². The van der Waals surface area contributed by atoms with Crippen molar-refractivity contribution in [2.75, 3.05) is 54.1 Å². The number of fused-ring (bicyclic) bond motifs is 1. The second-order valence-electron chi connectivity index (χ2n) is 14.2. The van der Waals surface area contributed by atoms with Gasteiger partial charge in [0, 0.05) is 45.1 Å². The van der Waals surface area contributed by atoms with Gasteiger partial charge in [0.25, 0.3) is 11.8 Å². The number of piperidine rings is 1. The van der Waals surface area contributed by atoms with E-state index in [4.69, 9.17) is 28.4 Å². The number of rotatable bonds is 3. The second-order valence-corrected chi connectivity index (χ2v) is 14.2. The largest absolute Gasteiger partial charge is 0.493 e. The van der Waals surface area contributed by atoms with Crippen molar-refractivity contribution in [2.24, 2.45) is 11.8 Å². The molecule has 14 heteroatoms. The molecule has 0 saturated carbocycles. The molecule has 4 amide bonds. The molecule has 54 heavy (non-hydrogen) atoms. The van der Waals surface area contributed by atoms with Crippen LogP contribution in [0, 0.1) is 11.8 Å². The van der Waals surface area contributed by atoms with Gasteiger partial charge < -0.3 is 48.9 Å². The van der Waals surface area contributed by atoms with Crippen molar-refractivity contribution in [2.45, 2.75) is 36.7 Å². The monoisotopic (exact) mass is 738 g/mol. The highest BCUT2D eigenvalue weighted by molar-refractivity contribution is 5.95. The Kier molecular flexibility index (Phi) is 9.08. The summed E-state index contributed by atoms with van der Waals surface area (Å²) < 4.78 is 36.0. The van der Waals surface area contributed by atoms with Crippen LogP contribution < -0.4 is 34.3 Å². The minimum Gasteiger partial charge on any atom is -0.493 e. The highest BCUT2D eigenvalue weighted by atomic mass is 16.5. The minimum atomic E-state index is -1.30. The van der Waals surface area contributed by atoms with Gasteiger partial charge in [-0.15, -0.1) is 0 Å². The van der Waals surface area contributed by atoms with Gasteiger partial charge >= 0.3 is 0 Å². The molecule has 0 aliphatic carbocycles. The molecule has 2 N–H and O–H groups in total. The summed E-state index contributed by atoms with van der Waals surface area (Å²) >= 11 is 0. The van der Waals surface area contributed by atoms with Crippen molar-refractivity contribution < 1.29 is 47.6 Å². The summed E-state index contributed by atoms with van der Waals surface area (Å²) in [6.07, 6.45) is 3.82. The van der Waals surface area contributed by atoms with Crippen LogP contribution in [0.2, 0.25) is 0 Å². The van der Waals surface area contributed by atoms with E-state index in [0.29, 0.717) is 46.6 Å². The Morgan fingerprint density at radius 3 is 2.33 bits per heavy atom. The molecule has 0 aromatic heterocycles. The van der Waals surface area contributed by atoms with Crippen LogP contribution in [-0.4, -0.2) is 105 Å². The van der Waals surface area contributed by atoms with Crippen LogP contribution in [0.3, 0.4) is 0 Å². The maximum Gasteiger partial charge on any atom is 0.264 e. The molecule has 14 nitrogen and oxygen atoms in total. The average molecular weight is 739 g/mol. The van der Waals surface area contributed by atoms with Crippen LogP contribution >= 0.6 is 0 Å². The van der Waals surface area contributed by atoms with Crippen molar-refractivity contribution in [1.82, 2.24) is 20.4 Å². The van der Waals surface area contributed by atoms with E-state index in [1.807, 2.05) is 18.2 Å². The number of hydrogen-bond acceptors (Lipinski definition) is 10. The van der Waals surface area contributed by atoms with Crippen LogP contribution in [0.4, 0.5) is 0 Å². The highest BCUT2D eigenvalue weighted by Crippen LogP contribution is 2.52. The van der Waals surface area contributed by atoms with Gasteiger partial charge in [0.15, 0.2) is 28.6 Å². The lowest BCUT2D eigenvalue weighted by Crippen LogP contribution is -2.59. The number of hydrogen-bond donors (Lipinski definition) is 2. The van der Waals surface area contributed by atoms with E-state index in [0.717, 1.165) is 5.56 Å². The zero-order valence-corrected chi connectivity index (χ0v) is 30.3. The molecule has 3 aromatic rings. The molecule has 10 heterocycles. The maximum atomic E-state index is 14.2. The molecule has 10 aliphatic heterocycles. The number of nitrogens with zero attached hydrogens (tertiary/aromatic N) is 2. The molecule has 4 atom stereocenters. The number of likely N-dealkylation sites (tertiary alicyclic amines) is 2.